The second-order valence-electron chi connectivity index (χ2n) is 8.13. The molecule has 1 aromatic rings. The SMILES string of the molecule is CCOC(=O)c1c2c(c3[nH]c(N4CCOCC4)cc(-c4ccccc4)c1-3)NCN(CC)C2=O. The number of anilines is 2. The van der Waals surface area contributed by atoms with E-state index in [4.69, 9.17) is 9.47 Å². The monoisotopic (exact) mass is 448 g/mol. The summed E-state index contributed by atoms with van der Waals surface area (Å²) in [6, 6.07) is 12.0. The van der Waals surface area contributed by atoms with Gasteiger partial charge in [0.15, 0.2) is 0 Å². The van der Waals surface area contributed by atoms with Crippen LogP contribution in [0.3, 0.4) is 0 Å². The van der Waals surface area contributed by atoms with Gasteiger partial charge in [-0.05, 0) is 31.0 Å². The van der Waals surface area contributed by atoms with Crippen molar-refractivity contribution >= 4 is 23.4 Å². The number of rotatable bonds is 5. The van der Waals surface area contributed by atoms with Crippen LogP contribution in [0.15, 0.2) is 36.4 Å². The van der Waals surface area contributed by atoms with Crippen molar-refractivity contribution in [3.05, 3.63) is 47.5 Å². The minimum atomic E-state index is -0.485. The van der Waals surface area contributed by atoms with Gasteiger partial charge in [0, 0.05) is 25.2 Å². The zero-order chi connectivity index (χ0) is 22.9. The van der Waals surface area contributed by atoms with Crippen LogP contribution < -0.4 is 10.2 Å². The normalized spacial score (nSPS) is 16.0. The lowest BCUT2D eigenvalue weighted by molar-refractivity contribution is 0.0520. The van der Waals surface area contributed by atoms with Gasteiger partial charge in [0.05, 0.1) is 49.0 Å². The van der Waals surface area contributed by atoms with Crippen molar-refractivity contribution in [3.8, 4) is 22.4 Å². The number of fused-ring (bicyclic) bond motifs is 3. The average Bonchev–Trinajstić information content (AvgIpc) is 3.20. The van der Waals surface area contributed by atoms with Crippen LogP contribution in [0.2, 0.25) is 0 Å². The molecule has 0 bridgehead atoms. The number of ether oxygens (including phenoxy) is 2. The molecule has 3 heterocycles. The lowest BCUT2D eigenvalue weighted by Crippen LogP contribution is -2.40. The number of hydrogen-bond acceptors (Lipinski definition) is 6. The molecule has 0 radical (unpaired) electrons. The van der Waals surface area contributed by atoms with Gasteiger partial charge in [-0.15, -0.1) is 0 Å². The number of carbonyl (C=O) groups is 2. The molecule has 0 unspecified atom stereocenters. The van der Waals surface area contributed by atoms with Gasteiger partial charge in [-0.3, -0.25) is 4.79 Å². The van der Waals surface area contributed by atoms with Crippen LogP contribution in [0.5, 0.6) is 0 Å². The summed E-state index contributed by atoms with van der Waals surface area (Å²) >= 11 is 0. The van der Waals surface area contributed by atoms with Gasteiger partial charge in [-0.2, -0.15) is 0 Å². The number of pyridine rings is 1. The lowest BCUT2D eigenvalue weighted by Gasteiger charge is -2.30. The molecule has 5 rings (SSSR count). The van der Waals surface area contributed by atoms with Crippen LogP contribution in [0.1, 0.15) is 34.6 Å². The summed E-state index contributed by atoms with van der Waals surface area (Å²) in [4.78, 5) is 34.1. The van der Waals surface area contributed by atoms with E-state index in [0.717, 1.165) is 35.7 Å². The summed E-state index contributed by atoms with van der Waals surface area (Å²) < 4.78 is 11.0. The molecule has 1 fully saturated rings. The molecule has 0 aromatic heterocycles. The number of aromatic amines is 1. The van der Waals surface area contributed by atoms with E-state index in [0.29, 0.717) is 48.8 Å². The summed E-state index contributed by atoms with van der Waals surface area (Å²) in [5, 5.41) is 3.39. The van der Waals surface area contributed by atoms with Crippen LogP contribution in [0.25, 0.3) is 22.4 Å². The van der Waals surface area contributed by atoms with E-state index in [-0.39, 0.29) is 12.5 Å². The molecule has 1 aliphatic carbocycles. The van der Waals surface area contributed by atoms with Crippen LogP contribution in [-0.2, 0) is 9.47 Å². The molecule has 4 aliphatic rings. The van der Waals surface area contributed by atoms with Crippen molar-refractivity contribution in [2.24, 2.45) is 0 Å². The van der Waals surface area contributed by atoms with Crippen molar-refractivity contribution in [1.82, 2.24) is 9.88 Å². The molecule has 1 amide bonds. The highest BCUT2D eigenvalue weighted by molar-refractivity contribution is 6.20. The second-order valence-corrected chi connectivity index (χ2v) is 8.13. The molecule has 2 N–H and O–H groups in total. The molecule has 1 saturated heterocycles. The topological polar surface area (TPSA) is 86.9 Å². The van der Waals surface area contributed by atoms with E-state index < -0.39 is 5.97 Å². The quantitative estimate of drug-likeness (QED) is 0.580. The first kappa shape index (κ1) is 21.3. The van der Waals surface area contributed by atoms with E-state index in [1.54, 1.807) is 11.8 Å². The highest BCUT2D eigenvalue weighted by Crippen LogP contribution is 2.48. The van der Waals surface area contributed by atoms with E-state index in [1.165, 1.54) is 0 Å². The van der Waals surface area contributed by atoms with Crippen LogP contribution in [0.4, 0.5) is 11.5 Å². The summed E-state index contributed by atoms with van der Waals surface area (Å²) in [5.41, 5.74) is 4.68. The minimum Gasteiger partial charge on any atom is -0.462 e. The Hall–Kier alpha value is -3.52. The van der Waals surface area contributed by atoms with E-state index in [2.05, 4.69) is 21.3 Å². The third-order valence-corrected chi connectivity index (χ3v) is 6.30. The van der Waals surface area contributed by atoms with Gasteiger partial charge in [0.1, 0.15) is 5.82 Å². The number of aromatic nitrogens is 1. The number of esters is 1. The molecule has 0 atom stereocenters. The van der Waals surface area contributed by atoms with Crippen LogP contribution in [-0.4, -0.2) is 67.9 Å². The highest BCUT2D eigenvalue weighted by Gasteiger charge is 2.39. The summed E-state index contributed by atoms with van der Waals surface area (Å²) in [6.07, 6.45) is 0. The zero-order valence-corrected chi connectivity index (χ0v) is 18.9. The average molecular weight is 449 g/mol. The second kappa shape index (κ2) is 8.78. The molecule has 8 heteroatoms. The van der Waals surface area contributed by atoms with E-state index >= 15 is 0 Å². The molecule has 0 spiro atoms. The van der Waals surface area contributed by atoms with Gasteiger partial charge < -0.3 is 29.6 Å². The standard InChI is InChI=1S/C25H28N4O4/c1-3-28-15-26-22-21(24(28)30)20(25(31)33-4-2)19-17(16-8-6-5-7-9-16)14-18(27-23(19)22)29-10-12-32-13-11-29/h5-9,14,26-27H,3-4,10-13,15H2,1-2H3. The first-order valence-electron chi connectivity index (χ1n) is 11.4. The third kappa shape index (κ3) is 3.60. The van der Waals surface area contributed by atoms with Crippen molar-refractivity contribution in [2.45, 2.75) is 13.8 Å². The van der Waals surface area contributed by atoms with Gasteiger partial charge in [-0.1, -0.05) is 30.3 Å². The molecular weight excluding hydrogens is 420 g/mol. The number of nitrogens with one attached hydrogen (secondary N) is 2. The molecule has 3 aliphatic heterocycles. The smallest absolute Gasteiger partial charge is 0.339 e. The Balaban J connectivity index is 1.82. The number of carbonyl (C=O) groups excluding carboxylic acids is 2. The molecule has 33 heavy (non-hydrogen) atoms. The maximum atomic E-state index is 13.4. The first-order chi connectivity index (χ1) is 16.1. The Morgan fingerprint density at radius 1 is 1.12 bits per heavy atom. The van der Waals surface area contributed by atoms with Gasteiger partial charge >= 0.3 is 5.97 Å². The lowest BCUT2D eigenvalue weighted by atomic mass is 9.96. The third-order valence-electron chi connectivity index (χ3n) is 6.30. The number of H-pyrrole nitrogens is 1. The van der Waals surface area contributed by atoms with E-state index in [1.807, 2.05) is 37.3 Å². The van der Waals surface area contributed by atoms with Crippen molar-refractivity contribution in [2.75, 3.05) is 56.3 Å². The van der Waals surface area contributed by atoms with Crippen LogP contribution >= 0.6 is 0 Å². The van der Waals surface area contributed by atoms with Gasteiger partial charge in [0.2, 0.25) is 0 Å². The first-order valence-corrected chi connectivity index (χ1v) is 11.4. The fourth-order valence-corrected chi connectivity index (χ4v) is 4.67. The summed E-state index contributed by atoms with van der Waals surface area (Å²) in [6.45, 7) is 7.70. The molecule has 0 saturated carbocycles. The minimum absolute atomic E-state index is 0.161. The van der Waals surface area contributed by atoms with Crippen molar-refractivity contribution in [1.29, 1.82) is 0 Å². The molecular formula is C25H28N4O4. The fraction of sp³-hybridized carbons (Fsp3) is 0.360. The number of morpholine rings is 1. The van der Waals surface area contributed by atoms with Gasteiger partial charge in [0.25, 0.3) is 5.91 Å². The molecule has 8 nitrogen and oxygen atoms in total. The number of hydrogen-bond donors (Lipinski definition) is 2. The zero-order valence-electron chi connectivity index (χ0n) is 18.9. The number of nitrogens with zero attached hydrogens (tertiary/aromatic N) is 2. The van der Waals surface area contributed by atoms with Crippen LogP contribution in [0, 0.1) is 0 Å². The summed E-state index contributed by atoms with van der Waals surface area (Å²) in [7, 11) is 0. The Morgan fingerprint density at radius 2 is 1.88 bits per heavy atom. The highest BCUT2D eigenvalue weighted by atomic mass is 16.5. The predicted molar refractivity (Wildman–Crippen MR) is 127 cm³/mol. The summed E-state index contributed by atoms with van der Waals surface area (Å²) in [5.74, 6) is 0.285. The molecule has 172 valence electrons. The van der Waals surface area contributed by atoms with Gasteiger partial charge in [-0.25, -0.2) is 4.79 Å². The Bertz CT molecular complexity index is 1150. The van der Waals surface area contributed by atoms with Crippen molar-refractivity contribution < 1.29 is 19.1 Å². The Kier molecular flexibility index (Phi) is 5.68. The van der Waals surface area contributed by atoms with Crippen molar-refractivity contribution in [3.63, 3.8) is 0 Å². The maximum Gasteiger partial charge on any atom is 0.339 e. The van der Waals surface area contributed by atoms with E-state index in [9.17, 15) is 9.59 Å². The predicted octanol–water partition coefficient (Wildman–Crippen LogP) is 3.64. The largest absolute Gasteiger partial charge is 0.462 e. The molecule has 1 aromatic carbocycles. The number of benzene rings is 1. The maximum absolute atomic E-state index is 13.4. The Labute approximate surface area is 192 Å². The Morgan fingerprint density at radius 3 is 2.58 bits per heavy atom. The number of amides is 1. The fourth-order valence-electron chi connectivity index (χ4n) is 4.67.